The van der Waals surface area contributed by atoms with E-state index in [0.717, 1.165) is 11.6 Å². The highest BCUT2D eigenvalue weighted by Crippen LogP contribution is 2.21. The first-order chi connectivity index (χ1) is 9.08. The molecular weight excluding hydrogens is 245 g/mol. The van der Waals surface area contributed by atoms with Crippen LogP contribution in [0.15, 0.2) is 36.7 Å². The van der Waals surface area contributed by atoms with E-state index in [4.69, 9.17) is 5.73 Å². The van der Waals surface area contributed by atoms with E-state index in [1.54, 1.807) is 25.4 Å². The standard InChI is InChI=1S/C14H14FN3O/c1-9-12(15)6-11(14(16)19)7-13(9)18-8-10-2-4-17-5-3-10/h2-7,18H,8H2,1H3,(H2,16,19). The molecule has 3 N–H and O–H groups in total. The fraction of sp³-hybridized carbons (Fsp3) is 0.143. The zero-order valence-corrected chi connectivity index (χ0v) is 10.5. The van der Waals surface area contributed by atoms with Gasteiger partial charge in [-0.25, -0.2) is 4.39 Å². The van der Waals surface area contributed by atoms with Gasteiger partial charge in [0, 0.05) is 35.8 Å². The molecule has 0 atom stereocenters. The van der Waals surface area contributed by atoms with Crippen molar-refractivity contribution in [1.82, 2.24) is 4.98 Å². The van der Waals surface area contributed by atoms with Crippen LogP contribution < -0.4 is 11.1 Å². The van der Waals surface area contributed by atoms with Gasteiger partial charge >= 0.3 is 0 Å². The van der Waals surface area contributed by atoms with E-state index in [-0.39, 0.29) is 5.56 Å². The van der Waals surface area contributed by atoms with E-state index in [0.29, 0.717) is 17.8 Å². The minimum atomic E-state index is -0.647. The molecule has 0 saturated heterocycles. The predicted octanol–water partition coefficient (Wildman–Crippen LogP) is 2.24. The SMILES string of the molecule is Cc1c(F)cc(C(N)=O)cc1NCc1ccncc1. The average molecular weight is 259 g/mol. The number of nitrogens with zero attached hydrogens (tertiary/aromatic N) is 1. The molecule has 2 rings (SSSR count). The minimum absolute atomic E-state index is 0.153. The first-order valence-corrected chi connectivity index (χ1v) is 5.80. The molecule has 0 aliphatic carbocycles. The predicted molar refractivity (Wildman–Crippen MR) is 71.2 cm³/mol. The summed E-state index contributed by atoms with van der Waals surface area (Å²) in [6.07, 6.45) is 3.37. The maximum absolute atomic E-state index is 13.7. The van der Waals surface area contributed by atoms with Gasteiger partial charge in [-0.15, -0.1) is 0 Å². The number of carbonyl (C=O) groups is 1. The van der Waals surface area contributed by atoms with E-state index in [2.05, 4.69) is 10.3 Å². The molecule has 0 spiro atoms. The highest BCUT2D eigenvalue weighted by molar-refractivity contribution is 5.94. The number of benzene rings is 1. The average Bonchev–Trinajstić information content (AvgIpc) is 2.41. The van der Waals surface area contributed by atoms with Crippen molar-refractivity contribution in [1.29, 1.82) is 0 Å². The number of aromatic nitrogens is 1. The van der Waals surface area contributed by atoms with Gasteiger partial charge in [0.2, 0.25) is 5.91 Å². The molecule has 4 nitrogen and oxygen atoms in total. The third kappa shape index (κ3) is 3.07. The number of hydrogen-bond donors (Lipinski definition) is 2. The van der Waals surface area contributed by atoms with Crippen LogP contribution >= 0.6 is 0 Å². The second-order valence-corrected chi connectivity index (χ2v) is 4.20. The van der Waals surface area contributed by atoms with Crippen molar-refractivity contribution < 1.29 is 9.18 Å². The number of nitrogens with two attached hydrogens (primary N) is 1. The van der Waals surface area contributed by atoms with Gasteiger partial charge < -0.3 is 11.1 Å². The van der Waals surface area contributed by atoms with Gasteiger partial charge in [0.25, 0.3) is 0 Å². The largest absolute Gasteiger partial charge is 0.381 e. The Labute approximate surface area is 110 Å². The minimum Gasteiger partial charge on any atom is -0.381 e. The zero-order chi connectivity index (χ0) is 13.8. The Morgan fingerprint density at radius 3 is 2.68 bits per heavy atom. The van der Waals surface area contributed by atoms with E-state index < -0.39 is 11.7 Å². The Balaban J connectivity index is 2.22. The molecule has 0 unspecified atom stereocenters. The lowest BCUT2D eigenvalue weighted by molar-refractivity contribution is 0.1000. The molecule has 1 aromatic heterocycles. The summed E-state index contributed by atoms with van der Waals surface area (Å²) in [6, 6.07) is 6.42. The summed E-state index contributed by atoms with van der Waals surface area (Å²) in [5.74, 6) is -1.10. The molecule has 0 radical (unpaired) electrons. The number of hydrogen-bond acceptors (Lipinski definition) is 3. The quantitative estimate of drug-likeness (QED) is 0.884. The van der Waals surface area contributed by atoms with Crippen LogP contribution in [0.25, 0.3) is 0 Å². The number of primary amides is 1. The lowest BCUT2D eigenvalue weighted by Crippen LogP contribution is -2.13. The third-order valence-corrected chi connectivity index (χ3v) is 2.86. The second kappa shape index (κ2) is 5.48. The molecule has 0 fully saturated rings. The van der Waals surface area contributed by atoms with Crippen LogP contribution in [0.5, 0.6) is 0 Å². The topological polar surface area (TPSA) is 68.0 Å². The molecule has 5 heteroatoms. The fourth-order valence-electron chi connectivity index (χ4n) is 1.70. The Hall–Kier alpha value is -2.43. The first-order valence-electron chi connectivity index (χ1n) is 5.80. The maximum atomic E-state index is 13.7. The van der Waals surface area contributed by atoms with Crippen molar-refractivity contribution in [3.8, 4) is 0 Å². The highest BCUT2D eigenvalue weighted by Gasteiger charge is 2.10. The number of rotatable bonds is 4. The summed E-state index contributed by atoms with van der Waals surface area (Å²) in [6.45, 7) is 2.17. The molecule has 1 heterocycles. The number of halogens is 1. The molecule has 1 aromatic carbocycles. The van der Waals surface area contributed by atoms with Crippen molar-refractivity contribution >= 4 is 11.6 Å². The lowest BCUT2D eigenvalue weighted by Gasteiger charge is -2.11. The number of carbonyl (C=O) groups excluding carboxylic acids is 1. The number of pyridine rings is 1. The van der Waals surface area contributed by atoms with Crippen LogP contribution in [0, 0.1) is 12.7 Å². The molecule has 0 aliphatic heterocycles. The van der Waals surface area contributed by atoms with E-state index >= 15 is 0 Å². The zero-order valence-electron chi connectivity index (χ0n) is 10.5. The Morgan fingerprint density at radius 2 is 2.05 bits per heavy atom. The van der Waals surface area contributed by atoms with E-state index in [1.165, 1.54) is 0 Å². The summed E-state index contributed by atoms with van der Waals surface area (Å²) >= 11 is 0. The van der Waals surface area contributed by atoms with Gasteiger partial charge in [-0.1, -0.05) is 0 Å². The third-order valence-electron chi connectivity index (χ3n) is 2.86. The van der Waals surface area contributed by atoms with Crippen molar-refractivity contribution in [3.63, 3.8) is 0 Å². The Bertz CT molecular complexity index is 599. The normalized spacial score (nSPS) is 10.2. The van der Waals surface area contributed by atoms with Crippen LogP contribution in [-0.4, -0.2) is 10.9 Å². The summed E-state index contributed by atoms with van der Waals surface area (Å²) < 4.78 is 13.7. The maximum Gasteiger partial charge on any atom is 0.248 e. The van der Waals surface area contributed by atoms with Crippen molar-refractivity contribution in [2.75, 3.05) is 5.32 Å². The summed E-state index contributed by atoms with van der Waals surface area (Å²) in [7, 11) is 0. The van der Waals surface area contributed by atoms with Crippen LogP contribution in [0.2, 0.25) is 0 Å². The number of amides is 1. The van der Waals surface area contributed by atoms with Gasteiger partial charge in [-0.2, -0.15) is 0 Å². The smallest absolute Gasteiger partial charge is 0.248 e. The summed E-state index contributed by atoms with van der Waals surface area (Å²) in [5, 5.41) is 3.09. The lowest BCUT2D eigenvalue weighted by atomic mass is 10.1. The number of nitrogens with one attached hydrogen (secondary N) is 1. The van der Waals surface area contributed by atoms with Crippen LogP contribution in [0.4, 0.5) is 10.1 Å². The molecule has 0 bridgehead atoms. The van der Waals surface area contributed by atoms with Crippen LogP contribution in [0.3, 0.4) is 0 Å². The Morgan fingerprint density at radius 1 is 1.37 bits per heavy atom. The van der Waals surface area contributed by atoms with Crippen molar-refractivity contribution in [2.45, 2.75) is 13.5 Å². The van der Waals surface area contributed by atoms with Crippen molar-refractivity contribution in [3.05, 3.63) is 59.2 Å². The fourth-order valence-corrected chi connectivity index (χ4v) is 1.70. The second-order valence-electron chi connectivity index (χ2n) is 4.20. The molecule has 1 amide bonds. The summed E-state index contributed by atoms with van der Waals surface area (Å²) in [5.41, 5.74) is 7.35. The van der Waals surface area contributed by atoms with Crippen molar-refractivity contribution in [2.24, 2.45) is 5.73 Å². The molecule has 98 valence electrons. The van der Waals surface area contributed by atoms with E-state index in [1.807, 2.05) is 12.1 Å². The molecule has 2 aromatic rings. The van der Waals surface area contributed by atoms with Gasteiger partial charge in [0.15, 0.2) is 0 Å². The van der Waals surface area contributed by atoms with Crippen LogP contribution in [0.1, 0.15) is 21.5 Å². The monoisotopic (exact) mass is 259 g/mol. The molecule has 0 saturated carbocycles. The van der Waals surface area contributed by atoms with Gasteiger partial charge in [-0.3, -0.25) is 9.78 Å². The van der Waals surface area contributed by atoms with Gasteiger partial charge in [0.1, 0.15) is 5.82 Å². The van der Waals surface area contributed by atoms with Gasteiger partial charge in [0.05, 0.1) is 0 Å². The van der Waals surface area contributed by atoms with Crippen LogP contribution in [-0.2, 0) is 6.54 Å². The molecule has 0 aliphatic rings. The Kier molecular flexibility index (Phi) is 3.75. The summed E-state index contributed by atoms with van der Waals surface area (Å²) in [4.78, 5) is 15.0. The number of anilines is 1. The molecule has 19 heavy (non-hydrogen) atoms. The van der Waals surface area contributed by atoms with Gasteiger partial charge in [-0.05, 0) is 36.8 Å². The molecular formula is C14H14FN3O. The first kappa shape index (κ1) is 13.0. The van der Waals surface area contributed by atoms with E-state index in [9.17, 15) is 9.18 Å². The highest BCUT2D eigenvalue weighted by atomic mass is 19.1.